The molecule has 0 saturated carbocycles. The van der Waals surface area contributed by atoms with E-state index in [0.29, 0.717) is 16.9 Å². The van der Waals surface area contributed by atoms with Crippen LogP contribution < -0.4 is 4.74 Å². The van der Waals surface area contributed by atoms with Crippen LogP contribution >= 0.6 is 0 Å². The number of hydrogen-bond acceptors (Lipinski definition) is 4. The van der Waals surface area contributed by atoms with Crippen LogP contribution in [0.15, 0.2) is 48.2 Å². The minimum Gasteiger partial charge on any atom is -0.465 e. The van der Waals surface area contributed by atoms with Crippen LogP contribution in [0.3, 0.4) is 0 Å². The normalized spacial score (nSPS) is 14.6. The van der Waals surface area contributed by atoms with Crippen molar-refractivity contribution in [2.24, 2.45) is 0 Å². The summed E-state index contributed by atoms with van der Waals surface area (Å²) in [6, 6.07) is 10.2. The Bertz CT molecular complexity index is 791. The van der Waals surface area contributed by atoms with Crippen LogP contribution in [-0.2, 0) is 4.74 Å². The molecule has 0 spiro atoms. The molecule has 0 aliphatic carbocycles. The number of carbonyl (C=O) groups excluding carboxylic acids is 2. The van der Waals surface area contributed by atoms with Gasteiger partial charge in [0, 0.05) is 0 Å². The number of carbonyl (C=O) groups is 2. The molecule has 0 bridgehead atoms. The van der Waals surface area contributed by atoms with E-state index in [4.69, 9.17) is 4.74 Å². The second-order valence-electron chi connectivity index (χ2n) is 4.69. The zero-order valence-electron chi connectivity index (χ0n) is 11.6. The molecule has 0 N–H and O–H groups in total. The molecule has 1 heterocycles. The Balaban J connectivity index is 1.94. The fraction of sp³-hybridized carbons (Fsp3) is 0.0588. The molecule has 22 heavy (non-hydrogen) atoms. The summed E-state index contributed by atoms with van der Waals surface area (Å²) >= 11 is 0. The number of ketones is 1. The topological polar surface area (TPSA) is 52.6 Å². The van der Waals surface area contributed by atoms with E-state index in [9.17, 15) is 14.0 Å². The molecule has 0 unspecified atom stereocenters. The van der Waals surface area contributed by atoms with Gasteiger partial charge >= 0.3 is 5.97 Å². The quantitative estimate of drug-likeness (QED) is 0.631. The van der Waals surface area contributed by atoms with Gasteiger partial charge in [0.15, 0.2) is 5.76 Å². The molecular weight excluding hydrogens is 287 g/mol. The first-order valence-corrected chi connectivity index (χ1v) is 6.50. The van der Waals surface area contributed by atoms with Gasteiger partial charge in [-0.3, -0.25) is 4.79 Å². The first kappa shape index (κ1) is 14.0. The van der Waals surface area contributed by atoms with E-state index in [1.807, 2.05) is 0 Å². The monoisotopic (exact) mass is 298 g/mol. The Kier molecular flexibility index (Phi) is 3.47. The van der Waals surface area contributed by atoms with Crippen molar-refractivity contribution >= 4 is 17.8 Å². The first-order valence-electron chi connectivity index (χ1n) is 6.50. The summed E-state index contributed by atoms with van der Waals surface area (Å²) in [6.45, 7) is 0. The van der Waals surface area contributed by atoms with Crippen LogP contribution in [0, 0.1) is 5.82 Å². The van der Waals surface area contributed by atoms with Crippen LogP contribution in [0.2, 0.25) is 0 Å². The molecule has 4 nitrogen and oxygen atoms in total. The fourth-order valence-electron chi connectivity index (χ4n) is 2.14. The molecular formula is C17H11FO4. The van der Waals surface area contributed by atoms with Gasteiger partial charge in [0.1, 0.15) is 11.6 Å². The lowest BCUT2D eigenvalue weighted by molar-refractivity contribution is 0.0600. The molecule has 0 amide bonds. The molecule has 0 fully saturated rings. The number of hydrogen-bond donors (Lipinski definition) is 0. The molecule has 0 atom stereocenters. The lowest BCUT2D eigenvalue weighted by Crippen LogP contribution is -2.02. The predicted molar refractivity (Wildman–Crippen MR) is 77.1 cm³/mol. The van der Waals surface area contributed by atoms with Crippen LogP contribution in [0.25, 0.3) is 6.08 Å². The summed E-state index contributed by atoms with van der Waals surface area (Å²) in [7, 11) is 1.27. The summed E-state index contributed by atoms with van der Waals surface area (Å²) in [6.07, 6.45) is 1.53. The highest BCUT2D eigenvalue weighted by Crippen LogP contribution is 2.32. The van der Waals surface area contributed by atoms with Crippen molar-refractivity contribution in [2.45, 2.75) is 0 Å². The Labute approximate surface area is 125 Å². The zero-order valence-corrected chi connectivity index (χ0v) is 11.6. The number of methoxy groups -OCH3 is 1. The second kappa shape index (κ2) is 5.44. The number of ether oxygens (including phenoxy) is 2. The van der Waals surface area contributed by atoms with E-state index >= 15 is 0 Å². The van der Waals surface area contributed by atoms with Crippen molar-refractivity contribution < 1.29 is 23.5 Å². The molecule has 3 rings (SSSR count). The maximum absolute atomic E-state index is 12.9. The smallest absolute Gasteiger partial charge is 0.337 e. The molecule has 2 aromatic rings. The number of Topliss-reactive ketones (excluding diaryl/α,β-unsaturated/α-hetero) is 1. The maximum Gasteiger partial charge on any atom is 0.337 e. The number of allylic oxidation sites excluding steroid dienone is 1. The molecule has 0 radical (unpaired) electrons. The predicted octanol–water partition coefficient (Wildman–Crippen LogP) is 3.23. The molecule has 1 aliphatic heterocycles. The Morgan fingerprint density at radius 3 is 2.59 bits per heavy atom. The van der Waals surface area contributed by atoms with Gasteiger partial charge in [-0.05, 0) is 42.0 Å². The van der Waals surface area contributed by atoms with Gasteiger partial charge in [0.2, 0.25) is 5.78 Å². The standard InChI is InChI=1S/C17H11FO4/c1-21-17(20)11-4-7-14-13(9-11)16(19)15(22-14)8-10-2-5-12(18)6-3-10/h2-9H,1H3/b15-8-. The van der Waals surface area contributed by atoms with Gasteiger partial charge in [0.05, 0.1) is 18.2 Å². The van der Waals surface area contributed by atoms with E-state index in [0.717, 1.165) is 0 Å². The summed E-state index contributed by atoms with van der Waals surface area (Å²) in [5.74, 6) is -0.696. The summed E-state index contributed by atoms with van der Waals surface area (Å²) < 4.78 is 23.0. The largest absolute Gasteiger partial charge is 0.465 e. The van der Waals surface area contributed by atoms with E-state index in [-0.39, 0.29) is 22.9 Å². The van der Waals surface area contributed by atoms with E-state index in [1.54, 1.807) is 18.2 Å². The number of benzene rings is 2. The minimum absolute atomic E-state index is 0.128. The Hall–Kier alpha value is -2.95. The third-order valence-electron chi connectivity index (χ3n) is 3.26. The Morgan fingerprint density at radius 1 is 1.18 bits per heavy atom. The van der Waals surface area contributed by atoms with Crippen molar-refractivity contribution in [3.05, 3.63) is 70.7 Å². The van der Waals surface area contributed by atoms with Crippen molar-refractivity contribution in [1.29, 1.82) is 0 Å². The number of halogens is 1. The SMILES string of the molecule is COC(=O)c1ccc2c(c1)C(=O)/C(=C/c1ccc(F)cc1)O2. The van der Waals surface area contributed by atoms with Crippen LogP contribution in [-0.4, -0.2) is 18.9 Å². The van der Waals surface area contributed by atoms with Crippen molar-refractivity contribution in [3.63, 3.8) is 0 Å². The van der Waals surface area contributed by atoms with Gasteiger partial charge in [-0.2, -0.15) is 0 Å². The van der Waals surface area contributed by atoms with Gasteiger partial charge in [-0.25, -0.2) is 9.18 Å². The summed E-state index contributed by atoms with van der Waals surface area (Å²) in [4.78, 5) is 23.8. The maximum atomic E-state index is 12.9. The van der Waals surface area contributed by atoms with Crippen LogP contribution in [0.4, 0.5) is 4.39 Å². The summed E-state index contributed by atoms with van der Waals surface area (Å²) in [5, 5.41) is 0. The van der Waals surface area contributed by atoms with Gasteiger partial charge in [-0.15, -0.1) is 0 Å². The minimum atomic E-state index is -0.522. The van der Waals surface area contributed by atoms with Gasteiger partial charge < -0.3 is 9.47 Å². The van der Waals surface area contributed by atoms with Crippen molar-refractivity contribution in [1.82, 2.24) is 0 Å². The fourth-order valence-corrected chi connectivity index (χ4v) is 2.14. The van der Waals surface area contributed by atoms with E-state index < -0.39 is 5.97 Å². The number of esters is 1. The average Bonchev–Trinajstić information content (AvgIpc) is 2.84. The highest BCUT2D eigenvalue weighted by molar-refractivity contribution is 6.15. The Morgan fingerprint density at radius 2 is 1.91 bits per heavy atom. The lowest BCUT2D eigenvalue weighted by atomic mass is 10.1. The summed E-state index contributed by atoms with van der Waals surface area (Å²) in [5.41, 5.74) is 1.23. The zero-order chi connectivity index (χ0) is 15.7. The second-order valence-corrected chi connectivity index (χ2v) is 4.69. The molecule has 0 saturated heterocycles. The number of rotatable bonds is 2. The van der Waals surface area contributed by atoms with Crippen LogP contribution in [0.1, 0.15) is 26.3 Å². The molecule has 2 aromatic carbocycles. The average molecular weight is 298 g/mol. The molecule has 0 aromatic heterocycles. The lowest BCUT2D eigenvalue weighted by Gasteiger charge is -2.00. The number of fused-ring (bicyclic) bond motifs is 1. The highest BCUT2D eigenvalue weighted by Gasteiger charge is 2.28. The molecule has 5 heteroatoms. The van der Waals surface area contributed by atoms with Crippen molar-refractivity contribution in [3.8, 4) is 5.75 Å². The van der Waals surface area contributed by atoms with Gasteiger partial charge in [0.25, 0.3) is 0 Å². The highest BCUT2D eigenvalue weighted by atomic mass is 19.1. The third kappa shape index (κ3) is 2.48. The molecule has 1 aliphatic rings. The van der Waals surface area contributed by atoms with E-state index in [1.165, 1.54) is 37.5 Å². The third-order valence-corrected chi connectivity index (χ3v) is 3.26. The van der Waals surface area contributed by atoms with Crippen LogP contribution in [0.5, 0.6) is 5.75 Å². The van der Waals surface area contributed by atoms with Crippen molar-refractivity contribution in [2.75, 3.05) is 7.11 Å². The van der Waals surface area contributed by atoms with Gasteiger partial charge in [-0.1, -0.05) is 12.1 Å². The first-order chi connectivity index (χ1) is 10.6. The van der Waals surface area contributed by atoms with E-state index in [2.05, 4.69) is 4.74 Å². The molecule has 110 valence electrons.